The second-order valence-electron chi connectivity index (χ2n) is 9.61. The van der Waals surface area contributed by atoms with Crippen molar-refractivity contribution in [3.05, 3.63) is 102 Å². The monoisotopic (exact) mass is 499 g/mol. The van der Waals surface area contributed by atoms with Crippen molar-refractivity contribution >= 4 is 33.9 Å². The van der Waals surface area contributed by atoms with Crippen LogP contribution in [0.5, 0.6) is 0 Å². The number of nitrogens with zero attached hydrogens (tertiary/aromatic N) is 5. The van der Waals surface area contributed by atoms with E-state index in [1.54, 1.807) is 23.3 Å². The predicted molar refractivity (Wildman–Crippen MR) is 147 cm³/mol. The van der Waals surface area contributed by atoms with Gasteiger partial charge >= 0.3 is 0 Å². The quantitative estimate of drug-likeness (QED) is 0.313. The number of nitrogens with one attached hydrogen (secondary N) is 2. The van der Waals surface area contributed by atoms with Gasteiger partial charge in [-0.3, -0.25) is 19.9 Å². The van der Waals surface area contributed by atoms with E-state index in [2.05, 4.69) is 43.7 Å². The van der Waals surface area contributed by atoms with E-state index in [4.69, 9.17) is 5.10 Å². The van der Waals surface area contributed by atoms with Crippen LogP contribution < -0.4 is 5.32 Å². The van der Waals surface area contributed by atoms with Crippen LogP contribution >= 0.6 is 0 Å². The molecule has 8 nitrogen and oxygen atoms in total. The molecule has 0 unspecified atom stereocenters. The van der Waals surface area contributed by atoms with Crippen LogP contribution in [0.15, 0.2) is 85.0 Å². The molecule has 2 aliphatic rings. The largest absolute Gasteiger partial charge is 0.343 e. The van der Waals surface area contributed by atoms with Crippen molar-refractivity contribution < 1.29 is 4.79 Å². The molecule has 0 fully saturated rings. The number of hydrogen-bond donors (Lipinski definition) is 2. The molecule has 0 bridgehead atoms. The molecule has 5 aromatic rings. The van der Waals surface area contributed by atoms with Gasteiger partial charge < -0.3 is 5.32 Å². The summed E-state index contributed by atoms with van der Waals surface area (Å²) in [6.07, 6.45) is 12.2. The average Bonchev–Trinajstić information content (AvgIpc) is 3.62. The molecule has 1 aliphatic carbocycles. The minimum atomic E-state index is -0.170. The highest BCUT2D eigenvalue weighted by atomic mass is 16.2. The van der Waals surface area contributed by atoms with Crippen LogP contribution in [0.1, 0.15) is 47.3 Å². The molecule has 1 aliphatic heterocycles. The summed E-state index contributed by atoms with van der Waals surface area (Å²) in [5.41, 5.74) is 8.77. The fourth-order valence-electron chi connectivity index (χ4n) is 5.49. The molecule has 7 rings (SSSR count). The van der Waals surface area contributed by atoms with Gasteiger partial charge in [0, 0.05) is 41.7 Å². The molecule has 2 aromatic carbocycles. The van der Waals surface area contributed by atoms with Crippen molar-refractivity contribution in [2.45, 2.75) is 32.1 Å². The van der Waals surface area contributed by atoms with Crippen LogP contribution in [-0.2, 0) is 6.42 Å². The molecule has 0 radical (unpaired) electrons. The minimum absolute atomic E-state index is 0.170. The Hall–Kier alpha value is -4.85. The zero-order valence-electron chi connectivity index (χ0n) is 20.7. The Kier molecular flexibility index (Phi) is 5.43. The summed E-state index contributed by atoms with van der Waals surface area (Å²) in [5, 5.41) is 15.5. The molecule has 3 aromatic heterocycles. The maximum absolute atomic E-state index is 14.3. The van der Waals surface area contributed by atoms with Gasteiger partial charge in [-0.25, -0.2) is 0 Å². The van der Waals surface area contributed by atoms with Crippen molar-refractivity contribution in [1.29, 1.82) is 0 Å². The highest BCUT2D eigenvalue weighted by Gasteiger charge is 2.34. The molecule has 0 spiro atoms. The third-order valence-corrected chi connectivity index (χ3v) is 7.24. The summed E-state index contributed by atoms with van der Waals surface area (Å²) in [4.78, 5) is 23.1. The van der Waals surface area contributed by atoms with Crippen LogP contribution in [0, 0.1) is 0 Å². The lowest BCUT2D eigenvalue weighted by Gasteiger charge is -2.23. The molecule has 0 amide bonds. The standard InChI is InChI=1S/C30H25N7O/c38-30-27(21-11-12-22-23(17-21)32-16-15-31-22)24(34-26-13-14-33-35-26)18-25-28(19-7-3-1-4-8-19)29(36-37(25)30)20-9-5-2-6-10-20/h2,5-7,9-17H,1,3-4,8,18H2,(H2,33,34,35). The Morgan fingerprint density at radius 3 is 2.55 bits per heavy atom. The maximum atomic E-state index is 14.3. The number of carbonyl (C=O) groups excluding carboxylic acids is 1. The van der Waals surface area contributed by atoms with E-state index in [-0.39, 0.29) is 5.91 Å². The lowest BCUT2D eigenvalue weighted by molar-refractivity contribution is 0.0958. The number of fused-ring (bicyclic) bond motifs is 2. The van der Waals surface area contributed by atoms with Crippen molar-refractivity contribution in [1.82, 2.24) is 29.9 Å². The molecular weight excluding hydrogens is 474 g/mol. The molecule has 0 atom stereocenters. The number of H-pyrrole nitrogens is 1. The number of anilines is 1. The third kappa shape index (κ3) is 3.82. The fraction of sp³-hybridized carbons (Fsp3) is 0.167. The summed E-state index contributed by atoms with van der Waals surface area (Å²) in [6.45, 7) is 0. The average molecular weight is 500 g/mol. The second kappa shape index (κ2) is 9.23. The Labute approximate surface area is 219 Å². The summed E-state index contributed by atoms with van der Waals surface area (Å²) in [6, 6.07) is 17.7. The van der Waals surface area contributed by atoms with Gasteiger partial charge in [0.2, 0.25) is 0 Å². The molecule has 8 heteroatoms. The molecular formula is C30H25N7O. The normalized spacial score (nSPS) is 15.5. The van der Waals surface area contributed by atoms with Crippen LogP contribution in [-0.4, -0.2) is 35.9 Å². The van der Waals surface area contributed by atoms with Crippen molar-refractivity contribution in [3.8, 4) is 11.3 Å². The Morgan fingerprint density at radius 2 is 1.76 bits per heavy atom. The minimum Gasteiger partial charge on any atom is -0.343 e. The number of aromatic nitrogens is 6. The fourth-order valence-corrected chi connectivity index (χ4v) is 5.49. The van der Waals surface area contributed by atoms with E-state index >= 15 is 0 Å². The maximum Gasteiger partial charge on any atom is 0.280 e. The van der Waals surface area contributed by atoms with Gasteiger partial charge in [0.05, 0.1) is 28.5 Å². The van der Waals surface area contributed by atoms with E-state index in [1.807, 2.05) is 42.5 Å². The smallest absolute Gasteiger partial charge is 0.280 e. The first-order valence-corrected chi connectivity index (χ1v) is 12.9. The SMILES string of the molecule is O=C1C(c2ccc3nccnc3c2)=C(Nc2ccn[nH]2)Cc2c(C3=CCCCC3)c(-c3ccccc3)nn21. The number of aromatic amines is 1. The van der Waals surface area contributed by atoms with Gasteiger partial charge in [-0.15, -0.1) is 0 Å². The van der Waals surface area contributed by atoms with E-state index in [1.165, 1.54) is 12.0 Å². The summed E-state index contributed by atoms with van der Waals surface area (Å²) in [5.74, 6) is 0.553. The van der Waals surface area contributed by atoms with Gasteiger partial charge in [0.15, 0.2) is 0 Å². The topological polar surface area (TPSA) is 101 Å². The van der Waals surface area contributed by atoms with Crippen LogP contribution in [0.2, 0.25) is 0 Å². The van der Waals surface area contributed by atoms with Crippen LogP contribution in [0.4, 0.5) is 5.82 Å². The number of rotatable bonds is 5. The first-order chi connectivity index (χ1) is 18.8. The highest BCUT2D eigenvalue weighted by molar-refractivity contribution is 6.23. The third-order valence-electron chi connectivity index (χ3n) is 7.24. The Bertz CT molecular complexity index is 1730. The van der Waals surface area contributed by atoms with Gasteiger partial charge in [-0.1, -0.05) is 42.5 Å². The molecule has 38 heavy (non-hydrogen) atoms. The lowest BCUT2D eigenvalue weighted by atomic mass is 9.88. The molecule has 0 saturated heterocycles. The number of hydrogen-bond acceptors (Lipinski definition) is 6. The number of benzene rings is 2. The first-order valence-electron chi connectivity index (χ1n) is 12.9. The zero-order valence-corrected chi connectivity index (χ0v) is 20.7. The van der Waals surface area contributed by atoms with Gasteiger partial charge in [0.25, 0.3) is 5.91 Å². The summed E-state index contributed by atoms with van der Waals surface area (Å²) < 4.78 is 1.61. The summed E-state index contributed by atoms with van der Waals surface area (Å²) in [7, 11) is 0. The van der Waals surface area contributed by atoms with E-state index in [9.17, 15) is 4.79 Å². The van der Waals surface area contributed by atoms with Crippen LogP contribution in [0.3, 0.4) is 0 Å². The lowest BCUT2D eigenvalue weighted by Crippen LogP contribution is -2.27. The number of carbonyl (C=O) groups is 1. The van der Waals surface area contributed by atoms with Crippen molar-refractivity contribution in [3.63, 3.8) is 0 Å². The molecule has 4 heterocycles. The number of allylic oxidation sites excluding steroid dienone is 4. The Morgan fingerprint density at radius 1 is 0.895 bits per heavy atom. The van der Waals surface area contributed by atoms with Gasteiger partial charge in [0.1, 0.15) is 11.5 Å². The highest BCUT2D eigenvalue weighted by Crippen LogP contribution is 2.40. The van der Waals surface area contributed by atoms with E-state index < -0.39 is 0 Å². The van der Waals surface area contributed by atoms with Gasteiger partial charge in [-0.2, -0.15) is 14.9 Å². The Balaban J connectivity index is 1.43. The van der Waals surface area contributed by atoms with Gasteiger partial charge in [-0.05, 0) is 49.0 Å². The van der Waals surface area contributed by atoms with Crippen molar-refractivity contribution in [2.24, 2.45) is 0 Å². The van der Waals surface area contributed by atoms with E-state index in [0.29, 0.717) is 12.0 Å². The molecule has 2 N–H and O–H groups in total. The first kappa shape index (κ1) is 22.4. The predicted octanol–water partition coefficient (Wildman–Crippen LogP) is 5.89. The second-order valence-corrected chi connectivity index (χ2v) is 9.61. The van der Waals surface area contributed by atoms with Crippen molar-refractivity contribution in [2.75, 3.05) is 5.32 Å². The molecule has 186 valence electrons. The summed E-state index contributed by atoms with van der Waals surface area (Å²) >= 11 is 0. The van der Waals surface area contributed by atoms with E-state index in [0.717, 1.165) is 69.9 Å². The van der Waals surface area contributed by atoms with Crippen LogP contribution in [0.25, 0.3) is 33.4 Å². The zero-order chi connectivity index (χ0) is 25.5. The molecule has 0 saturated carbocycles.